The molecule has 2 rings (SSSR count). The van der Waals surface area contributed by atoms with E-state index in [2.05, 4.69) is 31.2 Å². The molecule has 0 bridgehead atoms. The van der Waals surface area contributed by atoms with E-state index in [-0.39, 0.29) is 6.04 Å². The van der Waals surface area contributed by atoms with Gasteiger partial charge in [-0.15, -0.1) is 11.8 Å². The van der Waals surface area contributed by atoms with Gasteiger partial charge >= 0.3 is 0 Å². The molecule has 2 aromatic rings. The lowest BCUT2D eigenvalue weighted by molar-refractivity contribution is 0.408. The fourth-order valence-corrected chi connectivity index (χ4v) is 3.13. The third kappa shape index (κ3) is 4.95. The highest BCUT2D eigenvalue weighted by Gasteiger charge is 2.10. The van der Waals surface area contributed by atoms with Crippen LogP contribution in [0.3, 0.4) is 0 Å². The molecule has 2 aromatic carbocycles. The van der Waals surface area contributed by atoms with Crippen LogP contribution in [-0.2, 0) is 6.42 Å². The van der Waals surface area contributed by atoms with Gasteiger partial charge in [-0.05, 0) is 49.2 Å². The van der Waals surface area contributed by atoms with Crippen LogP contribution in [0.5, 0.6) is 5.75 Å². The van der Waals surface area contributed by atoms with E-state index in [1.807, 2.05) is 18.2 Å². The number of hydrogen-bond donors (Lipinski definition) is 1. The van der Waals surface area contributed by atoms with Crippen molar-refractivity contribution >= 4 is 23.4 Å². The first-order chi connectivity index (χ1) is 10.1. The predicted octanol–water partition coefficient (Wildman–Crippen LogP) is 4.32. The van der Waals surface area contributed by atoms with Gasteiger partial charge in [-0.2, -0.15) is 0 Å². The Bertz CT molecular complexity index is 586. The summed E-state index contributed by atoms with van der Waals surface area (Å²) in [7, 11) is 1.67. The van der Waals surface area contributed by atoms with E-state index in [0.29, 0.717) is 5.02 Å². The maximum atomic E-state index is 6.24. The lowest BCUT2D eigenvalue weighted by Crippen LogP contribution is -2.25. The number of aryl methyl sites for hydroxylation is 1. The summed E-state index contributed by atoms with van der Waals surface area (Å²) in [6.07, 6.45) is 0.753. The Balaban J connectivity index is 1.94. The summed E-state index contributed by atoms with van der Waals surface area (Å²) in [5, 5.41) is 0.712. The number of thioether (sulfide) groups is 1. The molecule has 0 saturated heterocycles. The van der Waals surface area contributed by atoms with E-state index in [9.17, 15) is 0 Å². The van der Waals surface area contributed by atoms with Crippen LogP contribution >= 0.6 is 23.4 Å². The molecule has 0 heterocycles. The van der Waals surface area contributed by atoms with Crippen molar-refractivity contribution in [1.29, 1.82) is 0 Å². The lowest BCUT2D eigenvalue weighted by atomic mass is 10.1. The van der Waals surface area contributed by atoms with Crippen molar-refractivity contribution in [3.63, 3.8) is 0 Å². The molecule has 0 aromatic heterocycles. The Labute approximate surface area is 135 Å². The van der Waals surface area contributed by atoms with Crippen LogP contribution in [0.4, 0.5) is 0 Å². The average molecular weight is 322 g/mol. The molecule has 0 radical (unpaired) electrons. The first-order valence-corrected chi connectivity index (χ1v) is 8.22. The molecular weight excluding hydrogens is 302 g/mol. The maximum absolute atomic E-state index is 6.24. The number of methoxy groups -OCH3 is 1. The van der Waals surface area contributed by atoms with Crippen LogP contribution in [0, 0.1) is 6.92 Å². The van der Waals surface area contributed by atoms with Gasteiger partial charge in [0.1, 0.15) is 5.75 Å². The summed E-state index contributed by atoms with van der Waals surface area (Å²) in [6.45, 7) is 2.09. The van der Waals surface area contributed by atoms with Crippen molar-refractivity contribution in [3.8, 4) is 5.75 Å². The minimum atomic E-state index is 0.0590. The summed E-state index contributed by atoms with van der Waals surface area (Å²) >= 11 is 7.82. The average Bonchev–Trinajstić information content (AvgIpc) is 2.47. The van der Waals surface area contributed by atoms with Gasteiger partial charge in [-0.3, -0.25) is 0 Å². The van der Waals surface area contributed by atoms with Crippen LogP contribution in [-0.4, -0.2) is 18.9 Å². The molecule has 0 saturated carbocycles. The van der Waals surface area contributed by atoms with Crippen molar-refractivity contribution in [2.75, 3.05) is 12.9 Å². The first-order valence-electron chi connectivity index (χ1n) is 6.86. The van der Waals surface area contributed by atoms with Crippen molar-refractivity contribution in [2.24, 2.45) is 5.73 Å². The number of ether oxygens (including phenoxy) is 1. The van der Waals surface area contributed by atoms with Gasteiger partial charge in [0.05, 0.1) is 7.11 Å². The van der Waals surface area contributed by atoms with Crippen LogP contribution in [0.1, 0.15) is 11.1 Å². The standard InChI is InChI=1S/C17H20ClNOS/c1-12-3-6-16(7-4-12)21-11-15(19)10-13-9-14(18)5-8-17(13)20-2/h3-9,15H,10-11,19H2,1-2H3. The molecule has 1 atom stereocenters. The van der Waals surface area contributed by atoms with Crippen molar-refractivity contribution in [2.45, 2.75) is 24.3 Å². The van der Waals surface area contributed by atoms with E-state index >= 15 is 0 Å². The maximum Gasteiger partial charge on any atom is 0.122 e. The van der Waals surface area contributed by atoms with Crippen molar-refractivity contribution in [1.82, 2.24) is 0 Å². The monoisotopic (exact) mass is 321 g/mol. The lowest BCUT2D eigenvalue weighted by Gasteiger charge is -2.14. The Kier molecular flexibility index (Phi) is 5.97. The highest BCUT2D eigenvalue weighted by atomic mass is 35.5. The van der Waals surface area contributed by atoms with E-state index in [4.69, 9.17) is 22.1 Å². The van der Waals surface area contributed by atoms with Gasteiger partial charge in [0.2, 0.25) is 0 Å². The molecule has 0 fully saturated rings. The largest absolute Gasteiger partial charge is 0.496 e. The molecular formula is C17H20ClNOS. The Morgan fingerprint density at radius 1 is 1.19 bits per heavy atom. The van der Waals surface area contributed by atoms with Gasteiger partial charge in [-0.25, -0.2) is 0 Å². The first kappa shape index (κ1) is 16.2. The molecule has 112 valence electrons. The summed E-state index contributed by atoms with van der Waals surface area (Å²) < 4.78 is 5.36. The second kappa shape index (κ2) is 7.74. The van der Waals surface area contributed by atoms with E-state index in [0.717, 1.165) is 23.5 Å². The summed E-state index contributed by atoms with van der Waals surface area (Å²) in [4.78, 5) is 1.24. The van der Waals surface area contributed by atoms with Gasteiger partial charge in [-0.1, -0.05) is 29.3 Å². The second-order valence-electron chi connectivity index (χ2n) is 5.04. The quantitative estimate of drug-likeness (QED) is 0.805. The van der Waals surface area contributed by atoms with E-state index in [1.54, 1.807) is 18.9 Å². The highest BCUT2D eigenvalue weighted by molar-refractivity contribution is 7.99. The zero-order valence-corrected chi connectivity index (χ0v) is 13.9. The van der Waals surface area contributed by atoms with Crippen molar-refractivity contribution in [3.05, 3.63) is 58.6 Å². The minimum absolute atomic E-state index is 0.0590. The fourth-order valence-electron chi connectivity index (χ4n) is 2.09. The Morgan fingerprint density at radius 2 is 1.90 bits per heavy atom. The summed E-state index contributed by atoms with van der Waals surface area (Å²) in [5.74, 6) is 1.70. The fraction of sp³-hybridized carbons (Fsp3) is 0.294. The van der Waals surface area contributed by atoms with E-state index < -0.39 is 0 Å². The smallest absolute Gasteiger partial charge is 0.122 e. The number of nitrogens with two attached hydrogens (primary N) is 1. The third-order valence-electron chi connectivity index (χ3n) is 3.21. The van der Waals surface area contributed by atoms with Crippen molar-refractivity contribution < 1.29 is 4.74 Å². The molecule has 0 aliphatic rings. The molecule has 0 aliphatic carbocycles. The SMILES string of the molecule is COc1ccc(Cl)cc1CC(N)CSc1ccc(C)cc1. The van der Waals surface area contributed by atoms with Gasteiger partial charge < -0.3 is 10.5 Å². The normalized spacial score (nSPS) is 12.2. The zero-order valence-electron chi connectivity index (χ0n) is 12.3. The minimum Gasteiger partial charge on any atom is -0.496 e. The number of hydrogen-bond acceptors (Lipinski definition) is 3. The molecule has 0 amide bonds. The van der Waals surface area contributed by atoms with Crippen LogP contribution in [0.25, 0.3) is 0 Å². The van der Waals surface area contributed by atoms with E-state index in [1.165, 1.54) is 10.5 Å². The van der Waals surface area contributed by atoms with Gasteiger partial charge in [0, 0.05) is 21.7 Å². The Morgan fingerprint density at radius 3 is 2.57 bits per heavy atom. The van der Waals surface area contributed by atoms with Gasteiger partial charge in [0.25, 0.3) is 0 Å². The molecule has 1 unspecified atom stereocenters. The topological polar surface area (TPSA) is 35.2 Å². The zero-order chi connectivity index (χ0) is 15.2. The Hall–Kier alpha value is -1.16. The van der Waals surface area contributed by atoms with Crippen LogP contribution in [0.2, 0.25) is 5.02 Å². The molecule has 0 spiro atoms. The molecule has 4 heteroatoms. The number of benzene rings is 2. The molecule has 21 heavy (non-hydrogen) atoms. The summed E-state index contributed by atoms with van der Waals surface area (Å²) in [6, 6.07) is 14.2. The summed E-state index contributed by atoms with van der Waals surface area (Å²) in [5.41, 5.74) is 8.57. The number of halogens is 1. The molecule has 0 aliphatic heterocycles. The predicted molar refractivity (Wildman–Crippen MR) is 91.6 cm³/mol. The highest BCUT2D eigenvalue weighted by Crippen LogP contribution is 2.25. The van der Waals surface area contributed by atoms with Crippen LogP contribution in [0.15, 0.2) is 47.4 Å². The second-order valence-corrected chi connectivity index (χ2v) is 6.57. The number of rotatable bonds is 6. The molecule has 2 N–H and O–H groups in total. The van der Waals surface area contributed by atoms with Gasteiger partial charge in [0.15, 0.2) is 0 Å². The van der Waals surface area contributed by atoms with Crippen LogP contribution < -0.4 is 10.5 Å². The third-order valence-corrected chi connectivity index (χ3v) is 4.65. The molecule has 2 nitrogen and oxygen atoms in total.